The quantitative estimate of drug-likeness (QED) is 0.789. The fourth-order valence-electron chi connectivity index (χ4n) is 1.53. The van der Waals surface area contributed by atoms with Crippen molar-refractivity contribution in [2.75, 3.05) is 20.3 Å². The van der Waals surface area contributed by atoms with Crippen molar-refractivity contribution in [2.24, 2.45) is 5.41 Å². The van der Waals surface area contributed by atoms with Gasteiger partial charge in [0.05, 0.1) is 5.69 Å². The minimum atomic E-state index is 0.227. The Morgan fingerprint density at radius 1 is 1.41 bits per heavy atom. The molecule has 1 atom stereocenters. The maximum atomic E-state index is 5.12. The molecular formula is C13H23N3O. The van der Waals surface area contributed by atoms with Gasteiger partial charge in [-0.2, -0.15) is 0 Å². The zero-order valence-electron chi connectivity index (χ0n) is 11.2. The number of aromatic nitrogens is 2. The van der Waals surface area contributed by atoms with Crippen LogP contribution in [0.3, 0.4) is 0 Å². The lowest BCUT2D eigenvalue weighted by Crippen LogP contribution is -2.32. The van der Waals surface area contributed by atoms with Crippen molar-refractivity contribution in [2.45, 2.75) is 33.2 Å². The van der Waals surface area contributed by atoms with Crippen molar-refractivity contribution in [1.82, 2.24) is 15.3 Å². The monoisotopic (exact) mass is 237 g/mol. The Morgan fingerprint density at radius 2 is 2.18 bits per heavy atom. The molecule has 4 heteroatoms. The van der Waals surface area contributed by atoms with Crippen LogP contribution in [0.25, 0.3) is 0 Å². The summed E-state index contributed by atoms with van der Waals surface area (Å²) in [7, 11) is 1.74. The fraction of sp³-hybridized carbons (Fsp3) is 0.692. The van der Waals surface area contributed by atoms with E-state index in [1.54, 1.807) is 25.7 Å². The summed E-state index contributed by atoms with van der Waals surface area (Å²) < 4.78 is 5.12. The van der Waals surface area contributed by atoms with E-state index in [1.807, 2.05) is 0 Å². The average Bonchev–Trinajstić information content (AvgIpc) is 2.35. The van der Waals surface area contributed by atoms with Gasteiger partial charge in [-0.3, -0.25) is 9.97 Å². The third-order valence-corrected chi connectivity index (χ3v) is 2.90. The number of rotatable bonds is 7. The van der Waals surface area contributed by atoms with Gasteiger partial charge in [-0.05, 0) is 18.8 Å². The fourth-order valence-corrected chi connectivity index (χ4v) is 1.53. The zero-order chi connectivity index (χ0) is 12.7. The molecule has 0 aliphatic carbocycles. The smallest absolute Gasteiger partial charge is 0.0753 e. The summed E-state index contributed by atoms with van der Waals surface area (Å²) in [6.07, 6.45) is 6.27. The van der Waals surface area contributed by atoms with Gasteiger partial charge in [-0.15, -0.1) is 0 Å². The highest BCUT2D eigenvalue weighted by atomic mass is 16.5. The van der Waals surface area contributed by atoms with E-state index in [9.17, 15) is 0 Å². The number of hydrogen-bond donors (Lipinski definition) is 1. The van der Waals surface area contributed by atoms with Crippen molar-refractivity contribution in [3.8, 4) is 0 Å². The predicted molar refractivity (Wildman–Crippen MR) is 68.7 cm³/mol. The number of nitrogens with zero attached hydrogens (tertiary/aromatic N) is 2. The van der Waals surface area contributed by atoms with Gasteiger partial charge >= 0.3 is 0 Å². The molecule has 0 aromatic carbocycles. The van der Waals surface area contributed by atoms with E-state index in [4.69, 9.17) is 4.74 Å². The standard InChI is InChI=1S/C13H23N3O/c1-11(12-9-14-6-7-15-12)16-10-13(2,3)5-8-17-4/h6-7,9,11,16H,5,8,10H2,1-4H3. The van der Waals surface area contributed by atoms with Crippen molar-refractivity contribution >= 4 is 0 Å². The van der Waals surface area contributed by atoms with Gasteiger partial charge in [-0.25, -0.2) is 0 Å². The highest BCUT2D eigenvalue weighted by Gasteiger charge is 2.18. The van der Waals surface area contributed by atoms with E-state index < -0.39 is 0 Å². The minimum Gasteiger partial charge on any atom is -0.385 e. The third-order valence-electron chi connectivity index (χ3n) is 2.90. The molecule has 4 nitrogen and oxygen atoms in total. The molecule has 0 spiro atoms. The lowest BCUT2D eigenvalue weighted by atomic mass is 9.89. The first-order valence-electron chi connectivity index (χ1n) is 6.03. The normalized spacial score (nSPS) is 13.6. The molecule has 0 saturated heterocycles. The highest BCUT2D eigenvalue weighted by molar-refractivity contribution is 5.00. The predicted octanol–water partition coefficient (Wildman–Crippen LogP) is 2.19. The number of hydrogen-bond acceptors (Lipinski definition) is 4. The summed E-state index contributed by atoms with van der Waals surface area (Å²) in [5, 5.41) is 3.49. The van der Waals surface area contributed by atoms with Crippen LogP contribution in [0.15, 0.2) is 18.6 Å². The Hall–Kier alpha value is -1.00. The molecule has 0 fully saturated rings. The van der Waals surface area contributed by atoms with Gasteiger partial charge in [-0.1, -0.05) is 13.8 Å². The Bertz CT molecular complexity index is 314. The van der Waals surface area contributed by atoms with Gasteiger partial charge in [0, 0.05) is 44.9 Å². The summed E-state index contributed by atoms with van der Waals surface area (Å²) in [6.45, 7) is 8.32. The van der Waals surface area contributed by atoms with Crippen molar-refractivity contribution in [3.63, 3.8) is 0 Å². The van der Waals surface area contributed by atoms with E-state index in [1.165, 1.54) is 0 Å². The summed E-state index contributed by atoms with van der Waals surface area (Å²) in [4.78, 5) is 8.37. The first-order chi connectivity index (χ1) is 8.05. The lowest BCUT2D eigenvalue weighted by molar-refractivity contribution is 0.149. The minimum absolute atomic E-state index is 0.227. The lowest BCUT2D eigenvalue weighted by Gasteiger charge is -2.26. The molecule has 96 valence electrons. The van der Waals surface area contributed by atoms with Crippen LogP contribution in [0, 0.1) is 5.41 Å². The van der Waals surface area contributed by atoms with Crippen LogP contribution < -0.4 is 5.32 Å². The Kier molecular flexibility index (Phi) is 5.51. The summed E-state index contributed by atoms with van der Waals surface area (Å²) in [6, 6.07) is 0.227. The van der Waals surface area contributed by atoms with Crippen LogP contribution in [0.5, 0.6) is 0 Å². The molecule has 0 aliphatic rings. The molecule has 0 amide bonds. The van der Waals surface area contributed by atoms with Gasteiger partial charge < -0.3 is 10.1 Å². The van der Waals surface area contributed by atoms with Crippen LogP contribution in [-0.2, 0) is 4.74 Å². The van der Waals surface area contributed by atoms with Gasteiger partial charge in [0.15, 0.2) is 0 Å². The molecule has 17 heavy (non-hydrogen) atoms. The maximum Gasteiger partial charge on any atom is 0.0753 e. The summed E-state index contributed by atoms with van der Waals surface area (Å²) >= 11 is 0. The number of methoxy groups -OCH3 is 1. The molecule has 0 bridgehead atoms. The Balaban J connectivity index is 2.40. The number of nitrogens with one attached hydrogen (secondary N) is 1. The largest absolute Gasteiger partial charge is 0.385 e. The summed E-state index contributed by atoms with van der Waals surface area (Å²) in [5.74, 6) is 0. The molecule has 0 aliphatic heterocycles. The first-order valence-corrected chi connectivity index (χ1v) is 6.03. The van der Waals surface area contributed by atoms with Gasteiger partial charge in [0.25, 0.3) is 0 Å². The van der Waals surface area contributed by atoms with Gasteiger partial charge in [0.2, 0.25) is 0 Å². The van der Waals surface area contributed by atoms with E-state index in [2.05, 4.69) is 36.1 Å². The molecule has 1 aromatic heterocycles. The molecular weight excluding hydrogens is 214 g/mol. The molecule has 1 aromatic rings. The molecule has 1 N–H and O–H groups in total. The van der Waals surface area contributed by atoms with Crippen LogP contribution in [-0.4, -0.2) is 30.2 Å². The zero-order valence-corrected chi connectivity index (χ0v) is 11.2. The van der Waals surface area contributed by atoms with Crippen LogP contribution in [0.4, 0.5) is 0 Å². The van der Waals surface area contributed by atoms with Gasteiger partial charge in [0.1, 0.15) is 0 Å². The van der Waals surface area contributed by atoms with E-state index in [0.717, 1.165) is 25.3 Å². The molecule has 1 unspecified atom stereocenters. The van der Waals surface area contributed by atoms with E-state index in [-0.39, 0.29) is 11.5 Å². The number of ether oxygens (including phenoxy) is 1. The second kappa shape index (κ2) is 6.67. The first kappa shape index (κ1) is 14.1. The van der Waals surface area contributed by atoms with E-state index in [0.29, 0.717) is 0 Å². The topological polar surface area (TPSA) is 47.0 Å². The molecule has 0 radical (unpaired) electrons. The van der Waals surface area contributed by atoms with Crippen LogP contribution in [0.2, 0.25) is 0 Å². The summed E-state index contributed by atoms with van der Waals surface area (Å²) in [5.41, 5.74) is 1.21. The van der Waals surface area contributed by atoms with E-state index >= 15 is 0 Å². The maximum absolute atomic E-state index is 5.12. The molecule has 1 rings (SSSR count). The Labute approximate surface area is 104 Å². The second-order valence-electron chi connectivity index (χ2n) is 5.14. The molecule has 1 heterocycles. The second-order valence-corrected chi connectivity index (χ2v) is 5.14. The van der Waals surface area contributed by atoms with Crippen molar-refractivity contribution < 1.29 is 4.74 Å². The Morgan fingerprint density at radius 3 is 2.76 bits per heavy atom. The van der Waals surface area contributed by atoms with Crippen molar-refractivity contribution in [3.05, 3.63) is 24.3 Å². The SMILES string of the molecule is COCCC(C)(C)CNC(C)c1cnccn1. The third kappa shape index (κ3) is 5.24. The average molecular weight is 237 g/mol. The highest BCUT2D eigenvalue weighted by Crippen LogP contribution is 2.20. The molecule has 0 saturated carbocycles. The van der Waals surface area contributed by atoms with Crippen molar-refractivity contribution in [1.29, 1.82) is 0 Å². The van der Waals surface area contributed by atoms with Crippen LogP contribution >= 0.6 is 0 Å². The van der Waals surface area contributed by atoms with Crippen LogP contribution in [0.1, 0.15) is 38.9 Å².